The molecule has 1 aromatic rings. The Morgan fingerprint density at radius 1 is 1.22 bits per heavy atom. The van der Waals surface area contributed by atoms with Gasteiger partial charge in [0.05, 0.1) is 7.11 Å². The standard InChI is InChI=1S/C13H21NO3S/c1-3-4-5-6-11-14(18(15)16)12-7-9-13(17-2)10-8-12/h7-10H,3-6,11H2,1-2H3,(H,15,16)/p-1. The van der Waals surface area contributed by atoms with Crippen molar-refractivity contribution in [1.29, 1.82) is 0 Å². The van der Waals surface area contributed by atoms with Crippen LogP contribution in [0.1, 0.15) is 32.6 Å². The van der Waals surface area contributed by atoms with Gasteiger partial charge in [0.1, 0.15) is 5.75 Å². The molecule has 5 heteroatoms. The molecule has 1 unspecified atom stereocenters. The van der Waals surface area contributed by atoms with Gasteiger partial charge in [-0.1, -0.05) is 26.2 Å². The van der Waals surface area contributed by atoms with Crippen molar-refractivity contribution in [2.45, 2.75) is 32.6 Å². The summed E-state index contributed by atoms with van der Waals surface area (Å²) in [6.07, 6.45) is 4.22. The first-order chi connectivity index (χ1) is 8.69. The Bertz CT molecular complexity index is 367. The summed E-state index contributed by atoms with van der Waals surface area (Å²) < 4.78 is 28.9. The van der Waals surface area contributed by atoms with Gasteiger partial charge in [-0.15, -0.1) is 0 Å². The fraction of sp³-hybridized carbons (Fsp3) is 0.538. The normalized spacial score (nSPS) is 12.2. The smallest absolute Gasteiger partial charge is 0.119 e. The summed E-state index contributed by atoms with van der Waals surface area (Å²) in [5.41, 5.74) is 0.681. The molecule has 0 bridgehead atoms. The number of nitrogens with zero attached hydrogens (tertiary/aromatic N) is 1. The molecule has 1 aromatic carbocycles. The number of unbranched alkanes of at least 4 members (excludes halogenated alkanes) is 3. The molecule has 1 atom stereocenters. The summed E-state index contributed by atoms with van der Waals surface area (Å²) in [5, 5.41) is 0. The zero-order valence-corrected chi connectivity index (χ0v) is 11.7. The van der Waals surface area contributed by atoms with Crippen molar-refractivity contribution in [2.75, 3.05) is 18.0 Å². The molecule has 4 nitrogen and oxygen atoms in total. The van der Waals surface area contributed by atoms with Crippen LogP contribution in [0.5, 0.6) is 5.75 Å². The van der Waals surface area contributed by atoms with Gasteiger partial charge < -0.3 is 13.6 Å². The largest absolute Gasteiger partial charge is 0.755 e. The minimum atomic E-state index is -2.23. The van der Waals surface area contributed by atoms with Crippen molar-refractivity contribution in [3.05, 3.63) is 24.3 Å². The Labute approximate surface area is 111 Å². The lowest BCUT2D eigenvalue weighted by Crippen LogP contribution is -2.26. The molecule has 0 radical (unpaired) electrons. The van der Waals surface area contributed by atoms with Crippen LogP contribution in [0.4, 0.5) is 5.69 Å². The number of methoxy groups -OCH3 is 1. The van der Waals surface area contributed by atoms with E-state index in [0.717, 1.165) is 31.4 Å². The Kier molecular flexibility index (Phi) is 6.75. The maximum absolute atomic E-state index is 11.2. The molecule has 0 fully saturated rings. The molecule has 0 saturated heterocycles. The second kappa shape index (κ2) is 8.11. The first-order valence-corrected chi connectivity index (χ1v) is 7.23. The minimum absolute atomic E-state index is 0.530. The molecule has 0 saturated carbocycles. The molecule has 0 aliphatic rings. The van der Waals surface area contributed by atoms with Gasteiger partial charge in [-0.2, -0.15) is 0 Å². The van der Waals surface area contributed by atoms with Gasteiger partial charge in [-0.25, -0.2) is 0 Å². The fourth-order valence-corrected chi connectivity index (χ4v) is 2.29. The van der Waals surface area contributed by atoms with E-state index in [9.17, 15) is 8.76 Å². The summed E-state index contributed by atoms with van der Waals surface area (Å²) in [6.45, 7) is 2.66. The highest BCUT2D eigenvalue weighted by Crippen LogP contribution is 2.20. The second-order valence-electron chi connectivity index (χ2n) is 4.08. The van der Waals surface area contributed by atoms with Crippen LogP contribution >= 0.6 is 0 Å². The summed E-state index contributed by atoms with van der Waals surface area (Å²) in [5.74, 6) is 0.723. The van der Waals surface area contributed by atoms with Crippen LogP contribution in [0.25, 0.3) is 0 Å². The SMILES string of the molecule is CCCCCCN(c1ccc(OC)cc1)S(=O)[O-]. The maximum Gasteiger partial charge on any atom is 0.119 e. The number of benzene rings is 1. The minimum Gasteiger partial charge on any atom is -0.755 e. The van der Waals surface area contributed by atoms with Crippen LogP contribution in [0.3, 0.4) is 0 Å². The van der Waals surface area contributed by atoms with E-state index in [1.54, 1.807) is 31.4 Å². The van der Waals surface area contributed by atoms with Gasteiger partial charge in [-0.3, -0.25) is 4.21 Å². The topological polar surface area (TPSA) is 52.6 Å². The molecule has 0 heterocycles. The van der Waals surface area contributed by atoms with Gasteiger partial charge >= 0.3 is 0 Å². The van der Waals surface area contributed by atoms with E-state index in [1.165, 1.54) is 4.31 Å². The summed E-state index contributed by atoms with van der Waals surface area (Å²) in [4.78, 5) is 0. The first kappa shape index (κ1) is 15.0. The lowest BCUT2D eigenvalue weighted by molar-refractivity contribution is 0.415. The van der Waals surface area contributed by atoms with Gasteiger partial charge in [0.25, 0.3) is 0 Å². The van der Waals surface area contributed by atoms with Crippen LogP contribution in [0.15, 0.2) is 24.3 Å². The van der Waals surface area contributed by atoms with Crippen molar-refractivity contribution in [3.63, 3.8) is 0 Å². The van der Waals surface area contributed by atoms with Crippen molar-refractivity contribution >= 4 is 17.0 Å². The van der Waals surface area contributed by atoms with E-state index in [2.05, 4.69) is 6.92 Å². The van der Waals surface area contributed by atoms with Crippen LogP contribution < -0.4 is 9.04 Å². The molecular weight excluding hydrogens is 250 g/mol. The number of ether oxygens (including phenoxy) is 1. The molecule has 102 valence electrons. The molecule has 0 N–H and O–H groups in total. The summed E-state index contributed by atoms with van der Waals surface area (Å²) in [6, 6.07) is 7.05. The predicted octanol–water partition coefficient (Wildman–Crippen LogP) is 2.88. The molecular formula is C13H20NO3S-. The quantitative estimate of drug-likeness (QED) is 0.539. The van der Waals surface area contributed by atoms with Gasteiger partial charge in [0, 0.05) is 23.5 Å². The van der Waals surface area contributed by atoms with E-state index in [4.69, 9.17) is 4.74 Å². The molecule has 0 aliphatic carbocycles. The van der Waals surface area contributed by atoms with Gasteiger partial charge in [-0.05, 0) is 30.7 Å². The van der Waals surface area contributed by atoms with Crippen LogP contribution in [0, 0.1) is 0 Å². The highest BCUT2D eigenvalue weighted by molar-refractivity contribution is 7.80. The predicted molar refractivity (Wildman–Crippen MR) is 73.4 cm³/mol. The second-order valence-corrected chi connectivity index (χ2v) is 4.95. The zero-order valence-electron chi connectivity index (χ0n) is 10.9. The Balaban J connectivity index is 2.62. The number of hydrogen-bond acceptors (Lipinski definition) is 3. The van der Waals surface area contributed by atoms with Gasteiger partial charge in [0.15, 0.2) is 0 Å². The molecule has 0 spiro atoms. The van der Waals surface area contributed by atoms with E-state index in [-0.39, 0.29) is 0 Å². The lowest BCUT2D eigenvalue weighted by Gasteiger charge is -2.26. The third kappa shape index (κ3) is 4.66. The van der Waals surface area contributed by atoms with Gasteiger partial charge in [0.2, 0.25) is 0 Å². The van der Waals surface area contributed by atoms with E-state index in [1.807, 2.05) is 0 Å². The van der Waals surface area contributed by atoms with Crippen LogP contribution in [0.2, 0.25) is 0 Å². The molecule has 18 heavy (non-hydrogen) atoms. The van der Waals surface area contributed by atoms with Crippen LogP contribution in [-0.2, 0) is 11.3 Å². The third-order valence-electron chi connectivity index (χ3n) is 2.76. The van der Waals surface area contributed by atoms with E-state index >= 15 is 0 Å². The zero-order chi connectivity index (χ0) is 13.4. The average molecular weight is 270 g/mol. The summed E-state index contributed by atoms with van der Waals surface area (Å²) in [7, 11) is 1.59. The Morgan fingerprint density at radius 3 is 2.39 bits per heavy atom. The molecule has 0 aromatic heterocycles. The van der Waals surface area contributed by atoms with Crippen molar-refractivity contribution in [3.8, 4) is 5.75 Å². The Hall–Kier alpha value is -1.07. The highest BCUT2D eigenvalue weighted by atomic mass is 32.2. The summed E-state index contributed by atoms with van der Waals surface area (Å²) >= 11 is -2.23. The maximum atomic E-state index is 11.2. The molecule has 1 rings (SSSR count). The average Bonchev–Trinajstić information content (AvgIpc) is 2.39. The van der Waals surface area contributed by atoms with E-state index in [0.29, 0.717) is 12.2 Å². The number of rotatable bonds is 8. The monoisotopic (exact) mass is 270 g/mol. The Morgan fingerprint density at radius 2 is 1.89 bits per heavy atom. The molecule has 0 aliphatic heterocycles. The third-order valence-corrected chi connectivity index (χ3v) is 3.51. The molecule has 0 amide bonds. The number of hydrogen-bond donors (Lipinski definition) is 0. The fourth-order valence-electron chi connectivity index (χ4n) is 1.72. The van der Waals surface area contributed by atoms with Crippen LogP contribution in [-0.4, -0.2) is 22.4 Å². The number of anilines is 1. The van der Waals surface area contributed by atoms with E-state index < -0.39 is 11.3 Å². The lowest BCUT2D eigenvalue weighted by atomic mass is 10.2. The van der Waals surface area contributed by atoms with Crippen molar-refractivity contribution in [2.24, 2.45) is 0 Å². The van der Waals surface area contributed by atoms with Crippen molar-refractivity contribution in [1.82, 2.24) is 0 Å². The first-order valence-electron chi connectivity index (χ1n) is 6.20. The van der Waals surface area contributed by atoms with Crippen molar-refractivity contribution < 1.29 is 13.5 Å². The highest BCUT2D eigenvalue weighted by Gasteiger charge is 2.06.